The van der Waals surface area contributed by atoms with Gasteiger partial charge in [0.2, 0.25) is 0 Å². The molecule has 0 aliphatic rings. The number of carbonyl (C=O) groups excluding carboxylic acids is 1. The fourth-order valence-corrected chi connectivity index (χ4v) is 1.04. The van der Waals surface area contributed by atoms with E-state index >= 15 is 0 Å². The van der Waals surface area contributed by atoms with Gasteiger partial charge in [-0.2, -0.15) is 5.10 Å². The van der Waals surface area contributed by atoms with E-state index in [0.29, 0.717) is 5.57 Å². The highest BCUT2D eigenvalue weighted by atomic mass is 16.1. The highest BCUT2D eigenvalue weighted by Crippen LogP contribution is 2.08. The Labute approximate surface area is 71.7 Å². The third-order valence-electron chi connectivity index (χ3n) is 1.62. The maximum absolute atomic E-state index is 10.3. The molecule has 0 radical (unpaired) electrons. The van der Waals surface area contributed by atoms with Crippen LogP contribution in [0.4, 0.5) is 0 Å². The molecule has 0 amide bonds. The van der Waals surface area contributed by atoms with Gasteiger partial charge >= 0.3 is 0 Å². The smallest absolute Gasteiger partial charge is 0.145 e. The van der Waals surface area contributed by atoms with Crippen molar-refractivity contribution in [3.63, 3.8) is 0 Å². The van der Waals surface area contributed by atoms with Gasteiger partial charge in [0.15, 0.2) is 0 Å². The number of nitrogens with zero attached hydrogens (tertiary/aromatic N) is 2. The Morgan fingerprint density at radius 2 is 2.33 bits per heavy atom. The number of carbonyl (C=O) groups is 1. The van der Waals surface area contributed by atoms with Gasteiger partial charge in [-0.25, -0.2) is 0 Å². The maximum Gasteiger partial charge on any atom is 0.145 e. The van der Waals surface area contributed by atoms with Crippen molar-refractivity contribution in [1.29, 1.82) is 0 Å². The highest BCUT2D eigenvalue weighted by Gasteiger charge is 1.98. The molecular formula is C9H12N2O. The Kier molecular flexibility index (Phi) is 2.43. The second-order valence-corrected chi connectivity index (χ2v) is 2.85. The van der Waals surface area contributed by atoms with Crippen molar-refractivity contribution in [1.82, 2.24) is 9.78 Å². The number of aromatic nitrogens is 2. The molecule has 64 valence electrons. The van der Waals surface area contributed by atoms with Crippen LogP contribution in [0.1, 0.15) is 18.2 Å². The van der Waals surface area contributed by atoms with Gasteiger partial charge in [0.25, 0.3) is 0 Å². The second-order valence-electron chi connectivity index (χ2n) is 2.85. The number of hydrogen-bond donors (Lipinski definition) is 0. The fraction of sp³-hybridized carbons (Fsp3) is 0.333. The van der Waals surface area contributed by atoms with Crippen LogP contribution in [0.2, 0.25) is 0 Å². The van der Waals surface area contributed by atoms with Crippen molar-refractivity contribution in [2.45, 2.75) is 13.8 Å². The summed E-state index contributed by atoms with van der Waals surface area (Å²) in [5.41, 5.74) is 2.66. The normalized spacial score (nSPS) is 11.8. The lowest BCUT2D eigenvalue weighted by molar-refractivity contribution is -0.104. The van der Waals surface area contributed by atoms with Crippen LogP contribution in [-0.4, -0.2) is 16.1 Å². The van der Waals surface area contributed by atoms with Crippen molar-refractivity contribution in [2.24, 2.45) is 7.05 Å². The molecule has 12 heavy (non-hydrogen) atoms. The molecule has 0 spiro atoms. The molecule has 3 nitrogen and oxygen atoms in total. The number of rotatable bonds is 2. The van der Waals surface area contributed by atoms with Crippen molar-refractivity contribution < 1.29 is 4.79 Å². The minimum Gasteiger partial charge on any atom is -0.298 e. The van der Waals surface area contributed by atoms with E-state index in [1.54, 1.807) is 11.6 Å². The zero-order chi connectivity index (χ0) is 9.14. The minimum atomic E-state index is 0.714. The third kappa shape index (κ3) is 1.81. The lowest BCUT2D eigenvalue weighted by Crippen LogP contribution is -1.86. The van der Waals surface area contributed by atoms with E-state index < -0.39 is 0 Å². The molecule has 0 aliphatic carbocycles. The van der Waals surface area contributed by atoms with E-state index in [9.17, 15) is 4.79 Å². The largest absolute Gasteiger partial charge is 0.298 e. The number of aryl methyl sites for hydroxylation is 2. The Morgan fingerprint density at radius 1 is 1.67 bits per heavy atom. The van der Waals surface area contributed by atoms with E-state index in [-0.39, 0.29) is 0 Å². The topological polar surface area (TPSA) is 34.9 Å². The van der Waals surface area contributed by atoms with E-state index in [2.05, 4.69) is 5.10 Å². The summed E-state index contributed by atoms with van der Waals surface area (Å²) in [4.78, 5) is 10.3. The fourth-order valence-electron chi connectivity index (χ4n) is 1.04. The molecule has 0 unspecified atom stereocenters. The molecule has 1 aromatic rings. The predicted octanol–water partition coefficient (Wildman–Crippen LogP) is 1.33. The highest BCUT2D eigenvalue weighted by molar-refractivity contribution is 5.80. The van der Waals surface area contributed by atoms with Gasteiger partial charge in [-0.3, -0.25) is 9.48 Å². The summed E-state index contributed by atoms with van der Waals surface area (Å²) < 4.78 is 1.74. The van der Waals surface area contributed by atoms with Crippen LogP contribution in [0, 0.1) is 6.92 Å². The number of hydrogen-bond acceptors (Lipinski definition) is 2. The molecule has 3 heteroatoms. The molecule has 0 atom stereocenters. The van der Waals surface area contributed by atoms with Gasteiger partial charge in [0.05, 0.1) is 5.69 Å². The lowest BCUT2D eigenvalue weighted by Gasteiger charge is -1.87. The van der Waals surface area contributed by atoms with Crippen molar-refractivity contribution in [3.05, 3.63) is 23.0 Å². The average molecular weight is 164 g/mol. The predicted molar refractivity (Wildman–Crippen MR) is 47.7 cm³/mol. The first-order valence-electron chi connectivity index (χ1n) is 3.77. The van der Waals surface area contributed by atoms with E-state index in [4.69, 9.17) is 0 Å². The SMILES string of the molecule is CC(C=O)=Cc1cn(C)nc1C. The van der Waals surface area contributed by atoms with Crippen molar-refractivity contribution in [3.8, 4) is 0 Å². The molecule has 0 N–H and O–H groups in total. The standard InChI is InChI=1S/C9H12N2O/c1-7(6-12)4-9-5-11(3)10-8(9)2/h4-6H,1-3H3. The van der Waals surface area contributed by atoms with Gasteiger partial charge < -0.3 is 0 Å². The zero-order valence-electron chi connectivity index (χ0n) is 7.53. The van der Waals surface area contributed by atoms with Crippen LogP contribution in [0.5, 0.6) is 0 Å². The average Bonchev–Trinajstić information content (AvgIpc) is 2.30. The molecule has 0 bridgehead atoms. The van der Waals surface area contributed by atoms with E-state index in [0.717, 1.165) is 17.5 Å². The molecule has 0 saturated carbocycles. The second kappa shape index (κ2) is 3.34. The van der Waals surface area contributed by atoms with Gasteiger partial charge in [-0.15, -0.1) is 0 Å². The molecule has 1 heterocycles. The Bertz CT molecular complexity index is 323. The molecule has 0 aromatic carbocycles. The summed E-state index contributed by atoms with van der Waals surface area (Å²) in [7, 11) is 1.86. The Morgan fingerprint density at radius 3 is 2.75 bits per heavy atom. The summed E-state index contributed by atoms with van der Waals surface area (Å²) in [6.45, 7) is 3.70. The summed E-state index contributed by atoms with van der Waals surface area (Å²) in [6, 6.07) is 0. The summed E-state index contributed by atoms with van der Waals surface area (Å²) in [6.07, 6.45) is 4.56. The molecule has 1 rings (SSSR count). The zero-order valence-corrected chi connectivity index (χ0v) is 7.53. The van der Waals surface area contributed by atoms with Crippen LogP contribution in [0.25, 0.3) is 6.08 Å². The molecule has 0 saturated heterocycles. The van der Waals surface area contributed by atoms with Crippen LogP contribution in [0.3, 0.4) is 0 Å². The third-order valence-corrected chi connectivity index (χ3v) is 1.62. The number of allylic oxidation sites excluding steroid dienone is 1. The minimum absolute atomic E-state index is 0.714. The van der Waals surface area contributed by atoms with Crippen LogP contribution in [-0.2, 0) is 11.8 Å². The van der Waals surface area contributed by atoms with Crippen molar-refractivity contribution >= 4 is 12.4 Å². The molecular weight excluding hydrogens is 152 g/mol. The van der Waals surface area contributed by atoms with Crippen LogP contribution < -0.4 is 0 Å². The van der Waals surface area contributed by atoms with Gasteiger partial charge in [-0.05, 0) is 25.5 Å². The summed E-state index contributed by atoms with van der Waals surface area (Å²) in [5, 5.41) is 4.15. The summed E-state index contributed by atoms with van der Waals surface area (Å²) in [5.74, 6) is 0. The Hall–Kier alpha value is -1.38. The molecule has 1 aromatic heterocycles. The lowest BCUT2D eigenvalue weighted by atomic mass is 10.2. The Balaban J connectivity index is 3.03. The monoisotopic (exact) mass is 164 g/mol. The van der Waals surface area contributed by atoms with Gasteiger partial charge in [-0.1, -0.05) is 0 Å². The van der Waals surface area contributed by atoms with Crippen molar-refractivity contribution in [2.75, 3.05) is 0 Å². The van der Waals surface area contributed by atoms with E-state index in [1.165, 1.54) is 0 Å². The molecule has 0 aliphatic heterocycles. The van der Waals surface area contributed by atoms with Gasteiger partial charge in [0, 0.05) is 18.8 Å². The van der Waals surface area contributed by atoms with Crippen LogP contribution in [0.15, 0.2) is 11.8 Å². The van der Waals surface area contributed by atoms with E-state index in [1.807, 2.05) is 26.2 Å². The maximum atomic E-state index is 10.3. The first-order valence-corrected chi connectivity index (χ1v) is 3.77. The number of aldehydes is 1. The summed E-state index contributed by atoms with van der Waals surface area (Å²) >= 11 is 0. The molecule has 0 fully saturated rings. The first-order chi connectivity index (χ1) is 5.63. The first kappa shape index (κ1) is 8.71. The van der Waals surface area contributed by atoms with Gasteiger partial charge in [0.1, 0.15) is 6.29 Å². The van der Waals surface area contributed by atoms with Crippen LogP contribution >= 0.6 is 0 Å². The quantitative estimate of drug-likeness (QED) is 0.488.